The lowest BCUT2D eigenvalue weighted by Crippen LogP contribution is -2.62. The molecule has 1 aliphatic rings. The van der Waals surface area contributed by atoms with Crippen LogP contribution in [-0.4, -0.2) is 56.0 Å². The fourth-order valence-electron chi connectivity index (χ4n) is 2.45. The molecule has 0 bridgehead atoms. The van der Waals surface area contributed by atoms with Crippen LogP contribution in [0.2, 0.25) is 0 Å². The Morgan fingerprint density at radius 3 is 2.61 bits per heavy atom. The number of piperazine rings is 1. The second kappa shape index (κ2) is 6.35. The molecule has 0 aromatic carbocycles. The summed E-state index contributed by atoms with van der Waals surface area (Å²) in [6.07, 6.45) is 1.84. The Bertz CT molecular complexity index is 356. The van der Waals surface area contributed by atoms with Gasteiger partial charge >= 0.3 is 0 Å². The molecule has 1 saturated heterocycles. The largest absolute Gasteiger partial charge is 0.311 e. The number of hydrogen-bond acceptors (Lipinski definition) is 4. The van der Waals surface area contributed by atoms with Gasteiger partial charge in [0.2, 0.25) is 0 Å². The van der Waals surface area contributed by atoms with Crippen molar-refractivity contribution >= 4 is 9.84 Å². The van der Waals surface area contributed by atoms with Crippen LogP contribution in [0, 0.1) is 0 Å². The summed E-state index contributed by atoms with van der Waals surface area (Å²) in [7, 11) is -2.82. The molecule has 2 atom stereocenters. The van der Waals surface area contributed by atoms with Crippen molar-refractivity contribution in [3.63, 3.8) is 0 Å². The third kappa shape index (κ3) is 4.21. The molecule has 18 heavy (non-hydrogen) atoms. The highest BCUT2D eigenvalue weighted by Gasteiger charge is 2.34. The Morgan fingerprint density at radius 2 is 2.06 bits per heavy atom. The van der Waals surface area contributed by atoms with Gasteiger partial charge in [-0.15, -0.1) is 0 Å². The van der Waals surface area contributed by atoms with Gasteiger partial charge in [-0.2, -0.15) is 0 Å². The number of rotatable bonds is 6. The SMILES string of the molecule is CCC1(C)CNC(C)CN1CCCS(=O)(=O)CC. The number of nitrogens with one attached hydrogen (secondary N) is 1. The van der Waals surface area contributed by atoms with Crippen LogP contribution in [0.5, 0.6) is 0 Å². The maximum atomic E-state index is 11.5. The normalized spacial score (nSPS) is 30.6. The van der Waals surface area contributed by atoms with Crippen molar-refractivity contribution in [3.05, 3.63) is 0 Å². The zero-order chi connectivity index (χ0) is 13.8. The molecule has 4 nitrogen and oxygen atoms in total. The summed E-state index contributed by atoms with van der Waals surface area (Å²) in [6.45, 7) is 11.3. The average Bonchev–Trinajstić information content (AvgIpc) is 2.34. The zero-order valence-corrected chi connectivity index (χ0v) is 13.0. The van der Waals surface area contributed by atoms with Crippen molar-refractivity contribution in [2.75, 3.05) is 31.1 Å². The van der Waals surface area contributed by atoms with E-state index in [1.807, 2.05) is 0 Å². The maximum Gasteiger partial charge on any atom is 0.150 e. The van der Waals surface area contributed by atoms with Crippen molar-refractivity contribution in [2.24, 2.45) is 0 Å². The van der Waals surface area contributed by atoms with Crippen LogP contribution < -0.4 is 5.32 Å². The molecule has 5 heteroatoms. The van der Waals surface area contributed by atoms with Crippen molar-refractivity contribution in [1.82, 2.24) is 10.2 Å². The lowest BCUT2D eigenvalue weighted by Gasteiger charge is -2.47. The molecule has 1 N–H and O–H groups in total. The molecular weight excluding hydrogens is 248 g/mol. The van der Waals surface area contributed by atoms with Crippen molar-refractivity contribution in [3.8, 4) is 0 Å². The molecular formula is C13H28N2O2S. The molecule has 1 heterocycles. The quantitative estimate of drug-likeness (QED) is 0.794. The Kier molecular flexibility index (Phi) is 5.62. The number of hydrogen-bond donors (Lipinski definition) is 1. The Labute approximate surface area is 112 Å². The lowest BCUT2D eigenvalue weighted by atomic mass is 9.92. The second-order valence-corrected chi connectivity index (χ2v) is 8.14. The Hall–Kier alpha value is -0.130. The van der Waals surface area contributed by atoms with Gasteiger partial charge in [0.25, 0.3) is 0 Å². The fourth-order valence-corrected chi connectivity index (χ4v) is 3.31. The minimum atomic E-state index is -2.82. The topological polar surface area (TPSA) is 49.4 Å². The van der Waals surface area contributed by atoms with Crippen LogP contribution in [0.1, 0.15) is 40.5 Å². The molecule has 1 fully saturated rings. The van der Waals surface area contributed by atoms with E-state index in [-0.39, 0.29) is 11.3 Å². The molecule has 1 rings (SSSR count). The van der Waals surface area contributed by atoms with Gasteiger partial charge in [0, 0.05) is 30.4 Å². The van der Waals surface area contributed by atoms with Crippen LogP contribution in [0.15, 0.2) is 0 Å². The first-order valence-electron chi connectivity index (χ1n) is 7.02. The third-order valence-corrected chi connectivity index (χ3v) is 5.96. The third-order valence-electron chi connectivity index (χ3n) is 4.17. The average molecular weight is 276 g/mol. The van der Waals surface area contributed by atoms with E-state index < -0.39 is 9.84 Å². The monoisotopic (exact) mass is 276 g/mol. The lowest BCUT2D eigenvalue weighted by molar-refractivity contribution is 0.0531. The second-order valence-electron chi connectivity index (χ2n) is 5.67. The van der Waals surface area contributed by atoms with Crippen molar-refractivity contribution in [2.45, 2.75) is 52.1 Å². The highest BCUT2D eigenvalue weighted by Crippen LogP contribution is 2.23. The van der Waals surface area contributed by atoms with Crippen LogP contribution in [0.4, 0.5) is 0 Å². The molecule has 0 aromatic rings. The van der Waals surface area contributed by atoms with Crippen LogP contribution in [0.3, 0.4) is 0 Å². The first-order valence-corrected chi connectivity index (χ1v) is 8.84. The zero-order valence-electron chi connectivity index (χ0n) is 12.2. The summed E-state index contributed by atoms with van der Waals surface area (Å²) in [5.74, 6) is 0.581. The predicted molar refractivity (Wildman–Crippen MR) is 76.7 cm³/mol. The van der Waals surface area contributed by atoms with Gasteiger partial charge in [0.05, 0.1) is 5.75 Å². The van der Waals surface area contributed by atoms with Crippen molar-refractivity contribution < 1.29 is 8.42 Å². The van der Waals surface area contributed by atoms with Gasteiger partial charge in [-0.25, -0.2) is 8.42 Å². The minimum Gasteiger partial charge on any atom is -0.311 e. The maximum absolute atomic E-state index is 11.5. The van der Waals surface area contributed by atoms with Gasteiger partial charge in [0.1, 0.15) is 9.84 Å². The van der Waals surface area contributed by atoms with Gasteiger partial charge in [-0.05, 0) is 33.2 Å². The number of nitrogens with zero attached hydrogens (tertiary/aromatic N) is 1. The minimum absolute atomic E-state index is 0.169. The molecule has 0 spiro atoms. The highest BCUT2D eigenvalue weighted by molar-refractivity contribution is 7.91. The van der Waals surface area contributed by atoms with E-state index in [2.05, 4.69) is 31.0 Å². The molecule has 0 aliphatic carbocycles. The Morgan fingerprint density at radius 1 is 1.39 bits per heavy atom. The predicted octanol–water partition coefficient (Wildman–Crippen LogP) is 1.27. The van der Waals surface area contributed by atoms with Crippen LogP contribution in [0.25, 0.3) is 0 Å². The van der Waals surface area contributed by atoms with E-state index in [0.717, 1.165) is 32.5 Å². The summed E-state index contributed by atoms with van der Waals surface area (Å²) in [5, 5.41) is 3.51. The highest BCUT2D eigenvalue weighted by atomic mass is 32.2. The summed E-state index contributed by atoms with van der Waals surface area (Å²) in [6, 6.07) is 0.493. The van der Waals surface area contributed by atoms with Crippen LogP contribution >= 0.6 is 0 Å². The fraction of sp³-hybridized carbons (Fsp3) is 1.00. The van der Waals surface area contributed by atoms with E-state index in [1.165, 1.54) is 0 Å². The molecule has 0 amide bonds. The van der Waals surface area contributed by atoms with Gasteiger partial charge < -0.3 is 5.32 Å². The molecule has 108 valence electrons. The molecule has 0 radical (unpaired) electrons. The first-order chi connectivity index (χ1) is 8.33. The molecule has 0 aromatic heterocycles. The summed E-state index contributed by atoms with van der Waals surface area (Å²) >= 11 is 0. The summed E-state index contributed by atoms with van der Waals surface area (Å²) in [4.78, 5) is 2.46. The summed E-state index contributed by atoms with van der Waals surface area (Å²) in [5.41, 5.74) is 0.169. The van der Waals surface area contributed by atoms with E-state index in [1.54, 1.807) is 6.92 Å². The number of sulfone groups is 1. The van der Waals surface area contributed by atoms with Gasteiger partial charge in [-0.3, -0.25) is 4.90 Å². The first kappa shape index (κ1) is 15.9. The van der Waals surface area contributed by atoms with E-state index in [0.29, 0.717) is 11.8 Å². The molecule has 0 saturated carbocycles. The van der Waals surface area contributed by atoms with Crippen molar-refractivity contribution in [1.29, 1.82) is 0 Å². The Balaban J connectivity index is 2.52. The summed E-state index contributed by atoms with van der Waals surface area (Å²) < 4.78 is 23.0. The van der Waals surface area contributed by atoms with E-state index >= 15 is 0 Å². The van der Waals surface area contributed by atoms with Crippen LogP contribution in [-0.2, 0) is 9.84 Å². The molecule has 1 aliphatic heterocycles. The smallest absolute Gasteiger partial charge is 0.150 e. The van der Waals surface area contributed by atoms with E-state index in [9.17, 15) is 8.42 Å². The molecule has 2 unspecified atom stereocenters. The van der Waals surface area contributed by atoms with E-state index in [4.69, 9.17) is 0 Å². The van der Waals surface area contributed by atoms with Gasteiger partial charge in [0.15, 0.2) is 0 Å². The van der Waals surface area contributed by atoms with Gasteiger partial charge in [-0.1, -0.05) is 13.8 Å². The standard InChI is InChI=1S/C13H28N2O2S/c1-5-13(4)11-14-12(3)10-15(13)8-7-9-18(16,17)6-2/h12,14H,5-11H2,1-4H3.